The topological polar surface area (TPSA) is 73.0 Å². The third kappa shape index (κ3) is 5.29. The largest absolute Gasteiger partial charge is 0.339 e. The van der Waals surface area contributed by atoms with Crippen LogP contribution in [0.4, 0.5) is 4.79 Å². The van der Waals surface area contributed by atoms with Gasteiger partial charge in [-0.15, -0.1) is 0 Å². The summed E-state index contributed by atoms with van der Waals surface area (Å²) in [5.74, 6) is -0.0951. The summed E-state index contributed by atoms with van der Waals surface area (Å²) >= 11 is 0. The lowest BCUT2D eigenvalue weighted by Gasteiger charge is -2.41. The molecule has 0 radical (unpaired) electrons. The second-order valence-electron chi connectivity index (χ2n) is 9.66. The molecule has 1 unspecified atom stereocenters. The molecule has 0 bridgehead atoms. The van der Waals surface area contributed by atoms with E-state index < -0.39 is 5.54 Å². The molecule has 4 amide bonds. The second kappa shape index (κ2) is 10.5. The highest BCUT2D eigenvalue weighted by Gasteiger charge is 2.55. The summed E-state index contributed by atoms with van der Waals surface area (Å²) in [6.07, 6.45) is 4.42. The van der Waals surface area contributed by atoms with Crippen molar-refractivity contribution in [2.24, 2.45) is 5.92 Å². The number of allylic oxidation sites excluding steroid dienone is 1. The lowest BCUT2D eigenvalue weighted by molar-refractivity contribution is -0.135. The van der Waals surface area contributed by atoms with Crippen LogP contribution in [-0.4, -0.2) is 78.4 Å². The number of carbonyl (C=O) groups excluding carboxylic acids is 3. The number of nitrogens with one attached hydrogen (secondary N) is 1. The molecule has 0 aliphatic carbocycles. The molecule has 2 aliphatic heterocycles. The van der Waals surface area contributed by atoms with Crippen molar-refractivity contribution in [1.82, 2.24) is 20.0 Å². The van der Waals surface area contributed by atoms with E-state index in [1.54, 1.807) is 0 Å². The molecule has 2 saturated heterocycles. The average Bonchev–Trinajstić information content (AvgIpc) is 3.04. The van der Waals surface area contributed by atoms with Crippen molar-refractivity contribution < 1.29 is 14.4 Å². The van der Waals surface area contributed by atoms with Crippen LogP contribution in [0, 0.1) is 12.8 Å². The lowest BCUT2D eigenvalue weighted by atomic mass is 9.73. The van der Waals surface area contributed by atoms with Gasteiger partial charge in [-0.3, -0.25) is 14.5 Å². The van der Waals surface area contributed by atoms with E-state index in [9.17, 15) is 14.4 Å². The predicted octanol–water partition coefficient (Wildman–Crippen LogP) is 2.98. The fourth-order valence-electron chi connectivity index (χ4n) is 4.99. The van der Waals surface area contributed by atoms with Crippen LogP contribution >= 0.6 is 0 Å². The van der Waals surface area contributed by atoms with Gasteiger partial charge < -0.3 is 15.1 Å². The molecule has 2 heterocycles. The van der Waals surface area contributed by atoms with Gasteiger partial charge in [0.1, 0.15) is 5.54 Å². The van der Waals surface area contributed by atoms with Crippen LogP contribution in [0.15, 0.2) is 35.9 Å². The number of hydrogen-bond donors (Lipinski definition) is 1. The molecule has 2 aliphatic rings. The third-order valence-electron chi connectivity index (χ3n) is 7.17. The number of hydrogen-bond acceptors (Lipinski definition) is 4. The SMILES string of the molecule is C/C=C(\C)C(=O)N1CCC(C2(Cc3ccccc3C)NC(=O)N(CCCN(C)C)C2=O)CC1. The number of piperidine rings is 1. The van der Waals surface area contributed by atoms with Crippen LogP contribution in [0.25, 0.3) is 0 Å². The first kappa shape index (κ1) is 25.0. The zero-order chi connectivity index (χ0) is 24.2. The molecule has 0 spiro atoms. The Morgan fingerprint density at radius 2 is 1.88 bits per heavy atom. The van der Waals surface area contributed by atoms with E-state index in [0.29, 0.717) is 38.9 Å². The predicted molar refractivity (Wildman–Crippen MR) is 130 cm³/mol. The number of rotatable bonds is 8. The van der Waals surface area contributed by atoms with E-state index in [0.717, 1.165) is 29.7 Å². The molecule has 33 heavy (non-hydrogen) atoms. The van der Waals surface area contributed by atoms with Gasteiger partial charge in [-0.05, 0) is 77.7 Å². The molecule has 1 N–H and O–H groups in total. The molecule has 7 nitrogen and oxygen atoms in total. The van der Waals surface area contributed by atoms with Gasteiger partial charge in [-0.2, -0.15) is 0 Å². The fourth-order valence-corrected chi connectivity index (χ4v) is 4.99. The Balaban J connectivity index is 1.85. The first-order chi connectivity index (χ1) is 15.7. The summed E-state index contributed by atoms with van der Waals surface area (Å²) in [6.45, 7) is 8.15. The number of imide groups is 1. The van der Waals surface area contributed by atoms with Gasteiger partial charge in [-0.1, -0.05) is 30.3 Å². The van der Waals surface area contributed by atoms with E-state index in [1.165, 1.54) is 4.90 Å². The van der Waals surface area contributed by atoms with E-state index in [4.69, 9.17) is 0 Å². The number of carbonyl (C=O) groups is 3. The number of urea groups is 1. The van der Waals surface area contributed by atoms with Crippen molar-refractivity contribution in [3.63, 3.8) is 0 Å². The van der Waals surface area contributed by atoms with Crippen molar-refractivity contribution in [2.75, 3.05) is 40.3 Å². The first-order valence-electron chi connectivity index (χ1n) is 11.9. The van der Waals surface area contributed by atoms with Crippen molar-refractivity contribution in [2.45, 2.75) is 52.0 Å². The Labute approximate surface area is 197 Å². The fraction of sp³-hybridized carbons (Fsp3) is 0.577. The normalized spacial score (nSPS) is 22.3. The lowest BCUT2D eigenvalue weighted by Crippen LogP contribution is -2.58. The minimum absolute atomic E-state index is 0.0256. The maximum absolute atomic E-state index is 13.8. The maximum Gasteiger partial charge on any atom is 0.325 e. The quantitative estimate of drug-likeness (QED) is 0.484. The molecule has 0 saturated carbocycles. The molecule has 2 fully saturated rings. The monoisotopic (exact) mass is 454 g/mol. The molecule has 0 aromatic heterocycles. The van der Waals surface area contributed by atoms with Gasteiger partial charge >= 0.3 is 6.03 Å². The molecule has 1 atom stereocenters. The Kier molecular flexibility index (Phi) is 7.95. The van der Waals surface area contributed by atoms with Crippen molar-refractivity contribution in [1.29, 1.82) is 0 Å². The number of benzene rings is 1. The summed E-state index contributed by atoms with van der Waals surface area (Å²) in [5.41, 5.74) is 1.96. The molecular formula is C26H38N4O3. The summed E-state index contributed by atoms with van der Waals surface area (Å²) in [7, 11) is 3.97. The minimum atomic E-state index is -0.966. The Hall–Kier alpha value is -2.67. The Morgan fingerprint density at radius 1 is 1.21 bits per heavy atom. The minimum Gasteiger partial charge on any atom is -0.339 e. The Bertz CT molecular complexity index is 918. The highest BCUT2D eigenvalue weighted by Crippen LogP contribution is 2.37. The summed E-state index contributed by atoms with van der Waals surface area (Å²) in [6, 6.07) is 7.75. The van der Waals surface area contributed by atoms with Gasteiger partial charge in [-0.25, -0.2) is 4.79 Å². The zero-order valence-corrected chi connectivity index (χ0v) is 20.7. The van der Waals surface area contributed by atoms with E-state index in [1.807, 2.05) is 70.1 Å². The van der Waals surface area contributed by atoms with E-state index >= 15 is 0 Å². The van der Waals surface area contributed by atoms with Gasteiger partial charge in [0, 0.05) is 31.6 Å². The van der Waals surface area contributed by atoms with Gasteiger partial charge in [0.2, 0.25) is 5.91 Å². The molecule has 180 valence electrons. The molecule has 1 aromatic carbocycles. The van der Waals surface area contributed by atoms with Crippen molar-refractivity contribution in [3.8, 4) is 0 Å². The highest BCUT2D eigenvalue weighted by atomic mass is 16.2. The number of amides is 4. The van der Waals surface area contributed by atoms with Crippen LogP contribution in [0.3, 0.4) is 0 Å². The van der Waals surface area contributed by atoms with Crippen LogP contribution in [0.1, 0.15) is 44.2 Å². The third-order valence-corrected chi connectivity index (χ3v) is 7.17. The maximum atomic E-state index is 13.8. The van der Waals surface area contributed by atoms with Crippen molar-refractivity contribution in [3.05, 3.63) is 47.0 Å². The van der Waals surface area contributed by atoms with Crippen molar-refractivity contribution >= 4 is 17.8 Å². The second-order valence-corrected chi connectivity index (χ2v) is 9.66. The standard InChI is InChI=1S/C26H38N4O3/c1-6-19(2)23(31)29-16-12-22(13-17-29)26(18-21-11-8-7-10-20(21)3)24(32)30(25(33)27-26)15-9-14-28(4)5/h6-8,10-11,22H,9,12-18H2,1-5H3,(H,27,33)/b19-6+. The molecule has 7 heteroatoms. The summed E-state index contributed by atoms with van der Waals surface area (Å²) in [4.78, 5) is 44.8. The summed E-state index contributed by atoms with van der Waals surface area (Å²) < 4.78 is 0. The van der Waals surface area contributed by atoms with E-state index in [-0.39, 0.29) is 23.8 Å². The smallest absolute Gasteiger partial charge is 0.325 e. The number of aryl methyl sites for hydroxylation is 1. The van der Waals surface area contributed by atoms with E-state index in [2.05, 4.69) is 10.2 Å². The Morgan fingerprint density at radius 3 is 2.48 bits per heavy atom. The molecule has 1 aromatic rings. The van der Waals surface area contributed by atoms with Crippen LogP contribution in [-0.2, 0) is 16.0 Å². The van der Waals surface area contributed by atoms with Crippen LogP contribution in [0.5, 0.6) is 0 Å². The highest BCUT2D eigenvalue weighted by molar-refractivity contribution is 6.07. The summed E-state index contributed by atoms with van der Waals surface area (Å²) in [5, 5.41) is 3.14. The van der Waals surface area contributed by atoms with Gasteiger partial charge in [0.25, 0.3) is 5.91 Å². The van der Waals surface area contributed by atoms with Crippen LogP contribution in [0.2, 0.25) is 0 Å². The van der Waals surface area contributed by atoms with Crippen LogP contribution < -0.4 is 5.32 Å². The average molecular weight is 455 g/mol. The first-order valence-corrected chi connectivity index (χ1v) is 11.9. The molecule has 3 rings (SSSR count). The molecular weight excluding hydrogens is 416 g/mol. The number of likely N-dealkylation sites (tertiary alicyclic amines) is 1. The van der Waals surface area contributed by atoms with Gasteiger partial charge in [0.05, 0.1) is 0 Å². The van der Waals surface area contributed by atoms with Gasteiger partial charge in [0.15, 0.2) is 0 Å². The number of nitrogens with zero attached hydrogens (tertiary/aromatic N) is 3. The zero-order valence-electron chi connectivity index (χ0n) is 20.7.